The van der Waals surface area contributed by atoms with E-state index in [4.69, 9.17) is 37.0 Å². The number of aliphatic hydroxyl groups excluding tert-OH is 1. The second-order valence-electron chi connectivity index (χ2n) is 26.5. The number of carbonyl (C=O) groups is 4. The van der Waals surface area contributed by atoms with E-state index in [0.717, 1.165) is 102 Å². The number of ether oxygens (including phenoxy) is 4. The van der Waals surface area contributed by atoms with E-state index in [2.05, 4.69) is 34.6 Å². The fourth-order valence-electron chi connectivity index (χ4n) is 11.0. The molecule has 0 saturated carbocycles. The van der Waals surface area contributed by atoms with Crippen molar-refractivity contribution in [3.8, 4) is 0 Å². The van der Waals surface area contributed by atoms with Crippen LogP contribution < -0.4 is 0 Å². The number of phosphoric ester groups is 2. The third-order valence-electron chi connectivity index (χ3n) is 16.8. The normalized spacial score (nSPS) is 14.0. The maximum absolute atomic E-state index is 13.0. The molecule has 0 aliphatic rings. The smallest absolute Gasteiger partial charge is 0.462 e. The highest BCUT2D eigenvalue weighted by Crippen LogP contribution is 2.45. The summed E-state index contributed by atoms with van der Waals surface area (Å²) in [5, 5.41) is 10.6. The van der Waals surface area contributed by atoms with Crippen LogP contribution in [0.15, 0.2) is 0 Å². The molecule has 540 valence electrons. The van der Waals surface area contributed by atoms with Crippen molar-refractivity contribution < 1.29 is 80.2 Å². The number of hydrogen-bond donors (Lipinski definition) is 3. The van der Waals surface area contributed by atoms with Gasteiger partial charge in [0.05, 0.1) is 26.4 Å². The van der Waals surface area contributed by atoms with Gasteiger partial charge < -0.3 is 33.8 Å². The van der Waals surface area contributed by atoms with Gasteiger partial charge in [0.15, 0.2) is 12.2 Å². The van der Waals surface area contributed by atoms with Gasteiger partial charge in [-0.3, -0.25) is 37.3 Å². The van der Waals surface area contributed by atoms with E-state index in [0.29, 0.717) is 25.7 Å². The number of unbranched alkanes of at least 4 members (excludes halogenated alkanes) is 44. The number of aliphatic hydroxyl groups is 1. The Kier molecular flexibility index (Phi) is 64.0. The predicted molar refractivity (Wildman–Crippen MR) is 368 cm³/mol. The quantitative estimate of drug-likeness (QED) is 0.0222. The van der Waals surface area contributed by atoms with Gasteiger partial charge in [0, 0.05) is 25.7 Å². The lowest BCUT2D eigenvalue weighted by Crippen LogP contribution is -2.30. The Labute approximate surface area is 556 Å². The average molecular weight is 1340 g/mol. The summed E-state index contributed by atoms with van der Waals surface area (Å²) >= 11 is 0. The zero-order valence-electron chi connectivity index (χ0n) is 59.0. The first kappa shape index (κ1) is 89.1. The molecule has 0 aromatic carbocycles. The number of esters is 4. The van der Waals surface area contributed by atoms with E-state index in [9.17, 15) is 43.2 Å². The highest BCUT2D eigenvalue weighted by atomic mass is 31.2. The molecule has 91 heavy (non-hydrogen) atoms. The monoisotopic (exact) mass is 1340 g/mol. The zero-order chi connectivity index (χ0) is 67.0. The maximum Gasteiger partial charge on any atom is 0.472 e. The molecule has 0 aromatic rings. The van der Waals surface area contributed by atoms with E-state index in [1.807, 2.05) is 0 Å². The van der Waals surface area contributed by atoms with Crippen molar-refractivity contribution in [1.82, 2.24) is 0 Å². The van der Waals surface area contributed by atoms with Gasteiger partial charge in [-0.05, 0) is 31.6 Å². The van der Waals surface area contributed by atoms with Crippen LogP contribution in [-0.4, -0.2) is 96.7 Å². The van der Waals surface area contributed by atoms with Crippen molar-refractivity contribution in [3.05, 3.63) is 0 Å². The fraction of sp³-hybridized carbons (Fsp3) is 0.944. The van der Waals surface area contributed by atoms with Crippen LogP contribution in [0.4, 0.5) is 0 Å². The lowest BCUT2D eigenvalue weighted by atomic mass is 10.0. The second-order valence-corrected chi connectivity index (χ2v) is 29.4. The van der Waals surface area contributed by atoms with Gasteiger partial charge in [-0.15, -0.1) is 0 Å². The van der Waals surface area contributed by atoms with E-state index < -0.39 is 97.5 Å². The molecule has 3 N–H and O–H groups in total. The van der Waals surface area contributed by atoms with E-state index in [1.165, 1.54) is 193 Å². The topological polar surface area (TPSA) is 237 Å². The molecule has 0 spiro atoms. The van der Waals surface area contributed by atoms with Gasteiger partial charge in [0.1, 0.15) is 19.3 Å². The average Bonchev–Trinajstić information content (AvgIpc) is 3.51. The van der Waals surface area contributed by atoms with Crippen LogP contribution in [0.2, 0.25) is 0 Å². The van der Waals surface area contributed by atoms with E-state index in [-0.39, 0.29) is 25.7 Å². The van der Waals surface area contributed by atoms with Gasteiger partial charge in [-0.25, -0.2) is 9.13 Å². The van der Waals surface area contributed by atoms with Gasteiger partial charge >= 0.3 is 39.5 Å². The maximum atomic E-state index is 13.0. The van der Waals surface area contributed by atoms with Crippen molar-refractivity contribution >= 4 is 39.5 Å². The van der Waals surface area contributed by atoms with E-state index >= 15 is 0 Å². The standard InChI is InChI=1S/C72H140O17P2/c1-6-9-12-15-17-19-21-23-24-25-26-27-28-29-30-34-39-43-48-53-58-72(77)89-68(62-83-70(75)56-51-46-41-37-35-31-32-36-40-45-49-54-65(4)5)64-87-91(80,81)85-60-66(73)59-84-90(78,79)86-63-67(61-82-69(74)55-50-44-14-11-8-3)88-71(76)57-52-47-42-38-33-22-20-18-16-13-10-7-2/h65-68,73H,6-64H2,1-5H3,(H,78,79)(H,80,81)/t66-,67+,68+/m0/s1. The molecule has 17 nitrogen and oxygen atoms in total. The fourth-order valence-corrected chi connectivity index (χ4v) is 12.6. The molecular weight excluding hydrogens is 1200 g/mol. The molecule has 0 saturated heterocycles. The predicted octanol–water partition coefficient (Wildman–Crippen LogP) is 20.9. The summed E-state index contributed by atoms with van der Waals surface area (Å²) in [4.78, 5) is 72.3. The number of hydrogen-bond acceptors (Lipinski definition) is 15. The molecule has 0 heterocycles. The van der Waals surface area contributed by atoms with Crippen molar-refractivity contribution in [3.63, 3.8) is 0 Å². The summed E-state index contributed by atoms with van der Waals surface area (Å²) in [5.74, 6) is -1.36. The summed E-state index contributed by atoms with van der Waals surface area (Å²) in [7, 11) is -9.89. The van der Waals surface area contributed by atoms with Crippen LogP contribution in [0.25, 0.3) is 0 Å². The highest BCUT2D eigenvalue weighted by molar-refractivity contribution is 7.47. The van der Waals surface area contributed by atoms with Crippen LogP contribution in [0, 0.1) is 5.92 Å². The van der Waals surface area contributed by atoms with Gasteiger partial charge in [-0.1, -0.05) is 324 Å². The van der Waals surface area contributed by atoms with Gasteiger partial charge in [0.2, 0.25) is 0 Å². The molecule has 0 aliphatic carbocycles. The molecule has 0 aromatic heterocycles. The summed E-state index contributed by atoms with van der Waals surface area (Å²) < 4.78 is 68.1. The van der Waals surface area contributed by atoms with Crippen LogP contribution in [-0.2, 0) is 65.4 Å². The van der Waals surface area contributed by atoms with E-state index in [1.54, 1.807) is 0 Å². The third-order valence-corrected chi connectivity index (χ3v) is 18.7. The van der Waals surface area contributed by atoms with Crippen molar-refractivity contribution in [2.45, 2.75) is 393 Å². The van der Waals surface area contributed by atoms with Crippen LogP contribution in [0.3, 0.4) is 0 Å². The first-order valence-electron chi connectivity index (χ1n) is 37.6. The Morgan fingerprint density at radius 3 is 0.747 bits per heavy atom. The highest BCUT2D eigenvalue weighted by Gasteiger charge is 2.30. The molecule has 0 aliphatic heterocycles. The molecular formula is C72H140O17P2. The Morgan fingerprint density at radius 1 is 0.297 bits per heavy atom. The van der Waals surface area contributed by atoms with Gasteiger partial charge in [-0.2, -0.15) is 0 Å². The summed E-state index contributed by atoms with van der Waals surface area (Å²) in [6, 6.07) is 0. The number of carbonyl (C=O) groups excluding carboxylic acids is 4. The lowest BCUT2D eigenvalue weighted by molar-refractivity contribution is -0.161. The molecule has 2 unspecified atom stereocenters. The minimum atomic E-state index is -4.95. The zero-order valence-corrected chi connectivity index (χ0v) is 60.8. The van der Waals surface area contributed by atoms with Crippen LogP contribution in [0.1, 0.15) is 375 Å². The first-order valence-corrected chi connectivity index (χ1v) is 40.6. The van der Waals surface area contributed by atoms with Crippen LogP contribution in [0.5, 0.6) is 0 Å². The molecule has 0 fully saturated rings. The number of rotatable bonds is 72. The minimum absolute atomic E-state index is 0.107. The first-order chi connectivity index (χ1) is 44.0. The molecule has 19 heteroatoms. The Bertz CT molecular complexity index is 1750. The summed E-state index contributed by atoms with van der Waals surface area (Å²) in [5.41, 5.74) is 0. The second kappa shape index (κ2) is 65.4. The molecule has 0 bridgehead atoms. The van der Waals surface area contributed by atoms with Crippen molar-refractivity contribution in [2.24, 2.45) is 5.92 Å². The number of phosphoric acid groups is 2. The SMILES string of the molecule is CCCCCCCCCCCCCCCCCCCCCCC(=O)O[C@H](COC(=O)CCCCCCCCCCCCCC(C)C)COP(=O)(O)OC[C@@H](O)COP(=O)(O)OC[C@@H](COC(=O)CCCCCCC)OC(=O)CCCCCCCCCCCCCC. The minimum Gasteiger partial charge on any atom is -0.462 e. The van der Waals surface area contributed by atoms with Crippen molar-refractivity contribution in [1.29, 1.82) is 0 Å². The Balaban J connectivity index is 5.13. The Morgan fingerprint density at radius 2 is 0.505 bits per heavy atom. The molecule has 0 amide bonds. The molecule has 0 rings (SSSR count). The lowest BCUT2D eigenvalue weighted by Gasteiger charge is -2.21. The summed E-state index contributed by atoms with van der Waals surface area (Å²) in [6.07, 6.45) is 53.2. The van der Waals surface area contributed by atoms with Gasteiger partial charge in [0.25, 0.3) is 0 Å². The Hall–Kier alpha value is -1.94. The third kappa shape index (κ3) is 66.5. The molecule has 5 atom stereocenters. The van der Waals surface area contributed by atoms with Crippen molar-refractivity contribution in [2.75, 3.05) is 39.6 Å². The summed E-state index contributed by atoms with van der Waals surface area (Å²) in [6.45, 7) is 7.18. The molecule has 0 radical (unpaired) electrons. The van der Waals surface area contributed by atoms with Crippen LogP contribution >= 0.6 is 15.6 Å². The largest absolute Gasteiger partial charge is 0.472 e.